The van der Waals surface area contributed by atoms with Crippen molar-refractivity contribution in [3.63, 3.8) is 0 Å². The summed E-state index contributed by atoms with van der Waals surface area (Å²) in [7, 11) is 3.25. The van der Waals surface area contributed by atoms with E-state index >= 15 is 0 Å². The first kappa shape index (κ1) is 20.8. The molecule has 0 amide bonds. The normalized spacial score (nSPS) is 20.9. The number of hydrogen-bond acceptors (Lipinski definition) is 4. The van der Waals surface area contributed by atoms with Gasteiger partial charge in [0.25, 0.3) is 5.56 Å². The van der Waals surface area contributed by atoms with E-state index in [1.165, 1.54) is 28.4 Å². The van der Waals surface area contributed by atoms with Crippen molar-refractivity contribution in [1.82, 2.24) is 23.6 Å². The van der Waals surface area contributed by atoms with E-state index < -0.39 is 0 Å². The van der Waals surface area contributed by atoms with Gasteiger partial charge in [0, 0.05) is 33.7 Å². The van der Waals surface area contributed by atoms with E-state index in [1.807, 2.05) is 0 Å². The van der Waals surface area contributed by atoms with Crippen molar-refractivity contribution in [3.8, 4) is 0 Å². The van der Waals surface area contributed by atoms with E-state index in [1.54, 1.807) is 14.1 Å². The van der Waals surface area contributed by atoms with Crippen LogP contribution in [0.5, 0.6) is 0 Å². The van der Waals surface area contributed by atoms with Crippen LogP contribution < -0.4 is 11.2 Å². The maximum absolute atomic E-state index is 12.9. The lowest BCUT2D eigenvalue weighted by atomic mass is 9.92. The molecule has 0 N–H and O–H groups in total. The molecule has 0 saturated carbocycles. The van der Waals surface area contributed by atoms with Gasteiger partial charge >= 0.3 is 5.69 Å². The van der Waals surface area contributed by atoms with Gasteiger partial charge in [0.15, 0.2) is 11.2 Å². The van der Waals surface area contributed by atoms with Gasteiger partial charge in [-0.1, -0.05) is 40.0 Å². The molecule has 0 bridgehead atoms. The largest absolute Gasteiger partial charge is 0.332 e. The molecule has 7 nitrogen and oxygen atoms in total. The molecule has 1 aliphatic rings. The van der Waals surface area contributed by atoms with Crippen LogP contribution in [0.2, 0.25) is 0 Å². The van der Waals surface area contributed by atoms with E-state index in [-0.39, 0.29) is 11.2 Å². The summed E-state index contributed by atoms with van der Waals surface area (Å²) in [5.41, 5.74) is 0.513. The third-order valence-corrected chi connectivity index (χ3v) is 5.97. The summed E-state index contributed by atoms with van der Waals surface area (Å²) in [4.78, 5) is 32.5. The number of unbranched alkanes of at least 4 members (excludes halogenated alkanes) is 3. The van der Waals surface area contributed by atoms with Gasteiger partial charge in [-0.15, -0.1) is 0 Å². The van der Waals surface area contributed by atoms with Crippen LogP contribution in [-0.2, 0) is 27.2 Å². The molecule has 2 atom stereocenters. The first-order valence-corrected chi connectivity index (χ1v) is 10.7. The molecule has 7 heteroatoms. The van der Waals surface area contributed by atoms with Crippen LogP contribution in [0, 0.1) is 11.8 Å². The number of imidazole rings is 1. The minimum atomic E-state index is -0.320. The fourth-order valence-corrected chi connectivity index (χ4v) is 4.67. The quantitative estimate of drug-likeness (QED) is 0.683. The Balaban J connectivity index is 2.02. The Morgan fingerprint density at radius 3 is 2.32 bits per heavy atom. The van der Waals surface area contributed by atoms with E-state index in [4.69, 9.17) is 4.98 Å². The summed E-state index contributed by atoms with van der Waals surface area (Å²) in [5, 5.41) is 0. The predicted octanol–water partition coefficient (Wildman–Crippen LogP) is 2.49. The molecule has 0 spiro atoms. The van der Waals surface area contributed by atoms with Gasteiger partial charge in [-0.05, 0) is 24.7 Å². The molecular formula is C21H35N5O2. The van der Waals surface area contributed by atoms with Crippen molar-refractivity contribution in [3.05, 3.63) is 26.7 Å². The molecular weight excluding hydrogens is 354 g/mol. The Morgan fingerprint density at radius 2 is 1.68 bits per heavy atom. The van der Waals surface area contributed by atoms with Gasteiger partial charge in [0.05, 0.1) is 6.54 Å². The summed E-state index contributed by atoms with van der Waals surface area (Å²) >= 11 is 0. The SMILES string of the molecule is CCCCCCn1c(CN2C[C@@H](C)C[C@H](C)C2)nc2c1c(=O)n(C)c(=O)n2C. The Bertz CT molecular complexity index is 929. The number of piperidine rings is 1. The zero-order valence-electron chi connectivity index (χ0n) is 18.1. The minimum Gasteiger partial charge on any atom is -0.321 e. The summed E-state index contributed by atoms with van der Waals surface area (Å²) in [6.45, 7) is 10.4. The van der Waals surface area contributed by atoms with Crippen LogP contribution in [0.1, 0.15) is 58.7 Å². The highest BCUT2D eigenvalue weighted by Gasteiger charge is 2.25. The summed E-state index contributed by atoms with van der Waals surface area (Å²) in [6.07, 6.45) is 5.79. The fourth-order valence-electron chi connectivity index (χ4n) is 4.67. The van der Waals surface area contributed by atoms with Gasteiger partial charge in [0.1, 0.15) is 5.82 Å². The van der Waals surface area contributed by atoms with Gasteiger partial charge < -0.3 is 4.57 Å². The summed E-state index contributed by atoms with van der Waals surface area (Å²) < 4.78 is 4.78. The van der Waals surface area contributed by atoms with Crippen LogP contribution in [0.3, 0.4) is 0 Å². The van der Waals surface area contributed by atoms with Crippen molar-refractivity contribution in [1.29, 1.82) is 0 Å². The minimum absolute atomic E-state index is 0.243. The van der Waals surface area contributed by atoms with Gasteiger partial charge in [-0.25, -0.2) is 9.78 Å². The average Bonchev–Trinajstić information content (AvgIpc) is 2.99. The number of hydrogen-bond donors (Lipinski definition) is 0. The Kier molecular flexibility index (Phi) is 6.43. The third-order valence-electron chi connectivity index (χ3n) is 5.97. The Hall–Kier alpha value is -1.89. The first-order valence-electron chi connectivity index (χ1n) is 10.7. The maximum Gasteiger partial charge on any atom is 0.332 e. The zero-order valence-corrected chi connectivity index (χ0v) is 18.1. The first-order chi connectivity index (χ1) is 13.3. The predicted molar refractivity (Wildman–Crippen MR) is 113 cm³/mol. The lowest BCUT2D eigenvalue weighted by Gasteiger charge is -2.34. The second kappa shape index (κ2) is 8.64. The van der Waals surface area contributed by atoms with Crippen LogP contribution in [0.4, 0.5) is 0 Å². The second-order valence-corrected chi connectivity index (χ2v) is 8.76. The topological polar surface area (TPSA) is 65.1 Å². The number of fused-ring (bicyclic) bond motifs is 1. The van der Waals surface area contributed by atoms with E-state index in [0.29, 0.717) is 23.0 Å². The Labute approximate surface area is 167 Å². The zero-order chi connectivity index (χ0) is 20.4. The molecule has 1 aliphatic heterocycles. The molecule has 0 radical (unpaired) electrons. The van der Waals surface area contributed by atoms with Crippen LogP contribution in [-0.4, -0.2) is 36.7 Å². The number of aromatic nitrogens is 4. The van der Waals surface area contributed by atoms with E-state index in [9.17, 15) is 9.59 Å². The molecule has 156 valence electrons. The second-order valence-electron chi connectivity index (χ2n) is 8.76. The number of rotatable bonds is 7. The van der Waals surface area contributed by atoms with Crippen molar-refractivity contribution in [2.75, 3.05) is 13.1 Å². The molecule has 2 aromatic rings. The summed E-state index contributed by atoms with van der Waals surface area (Å²) in [6, 6.07) is 0. The molecule has 1 fully saturated rings. The van der Waals surface area contributed by atoms with Crippen LogP contribution >= 0.6 is 0 Å². The molecule has 3 heterocycles. The number of likely N-dealkylation sites (tertiary alicyclic amines) is 1. The molecule has 2 aromatic heterocycles. The highest BCUT2D eigenvalue weighted by molar-refractivity contribution is 5.71. The Morgan fingerprint density at radius 1 is 1.00 bits per heavy atom. The van der Waals surface area contributed by atoms with E-state index in [0.717, 1.165) is 44.8 Å². The van der Waals surface area contributed by atoms with Crippen LogP contribution in [0.25, 0.3) is 11.2 Å². The highest BCUT2D eigenvalue weighted by Crippen LogP contribution is 2.23. The molecule has 28 heavy (non-hydrogen) atoms. The van der Waals surface area contributed by atoms with Crippen molar-refractivity contribution in [2.45, 2.75) is 66.0 Å². The van der Waals surface area contributed by atoms with Crippen molar-refractivity contribution >= 4 is 11.2 Å². The standard InChI is InChI=1S/C21H35N5O2/c1-6-7-8-9-10-26-17(14-25-12-15(2)11-16(3)13-25)22-19-18(26)20(27)24(5)21(28)23(19)4/h15-16H,6-14H2,1-5H3/t15-,16-/m0/s1. The maximum atomic E-state index is 12.9. The molecule has 3 rings (SSSR count). The summed E-state index contributed by atoms with van der Waals surface area (Å²) in [5.74, 6) is 2.25. The lowest BCUT2D eigenvalue weighted by Crippen LogP contribution is -2.39. The monoisotopic (exact) mass is 389 g/mol. The third kappa shape index (κ3) is 4.09. The molecule has 0 aliphatic carbocycles. The highest BCUT2D eigenvalue weighted by atomic mass is 16.2. The smallest absolute Gasteiger partial charge is 0.321 e. The number of nitrogens with zero attached hydrogens (tertiary/aromatic N) is 5. The molecule has 1 saturated heterocycles. The van der Waals surface area contributed by atoms with E-state index in [2.05, 4.69) is 30.2 Å². The van der Waals surface area contributed by atoms with Crippen LogP contribution in [0.15, 0.2) is 9.59 Å². The van der Waals surface area contributed by atoms with Crippen molar-refractivity contribution < 1.29 is 0 Å². The average molecular weight is 390 g/mol. The number of aryl methyl sites for hydroxylation is 2. The van der Waals surface area contributed by atoms with Gasteiger partial charge in [-0.3, -0.25) is 18.8 Å². The van der Waals surface area contributed by atoms with Gasteiger partial charge in [0.2, 0.25) is 0 Å². The van der Waals surface area contributed by atoms with Gasteiger partial charge in [-0.2, -0.15) is 0 Å². The molecule has 0 unspecified atom stereocenters. The molecule has 0 aromatic carbocycles. The fraction of sp³-hybridized carbons (Fsp3) is 0.762. The van der Waals surface area contributed by atoms with Crippen molar-refractivity contribution in [2.24, 2.45) is 25.9 Å². The lowest BCUT2D eigenvalue weighted by molar-refractivity contribution is 0.130.